The van der Waals surface area contributed by atoms with E-state index in [1.54, 1.807) is 0 Å². The molecule has 0 unspecified atom stereocenters. The minimum Gasteiger partial charge on any atom is -0.481 e. The second-order valence-corrected chi connectivity index (χ2v) is 6.81. The van der Waals surface area contributed by atoms with Crippen molar-refractivity contribution >= 4 is 27.8 Å². The molecule has 1 rings (SSSR count). The van der Waals surface area contributed by atoms with Crippen LogP contribution in [0.1, 0.15) is 5.56 Å². The number of thioether (sulfide) groups is 1. The molecule has 1 aromatic rings. The van der Waals surface area contributed by atoms with Crippen molar-refractivity contribution in [3.05, 3.63) is 29.3 Å². The molecule has 20 heavy (non-hydrogen) atoms. The van der Waals surface area contributed by atoms with Gasteiger partial charge in [-0.25, -0.2) is 21.9 Å². The first-order chi connectivity index (χ1) is 9.19. The van der Waals surface area contributed by atoms with E-state index in [2.05, 4.69) is 4.72 Å². The van der Waals surface area contributed by atoms with Crippen molar-refractivity contribution in [2.45, 2.75) is 11.3 Å². The molecule has 5 nitrogen and oxygen atoms in total. The Bertz CT molecular complexity index is 581. The number of halogens is 2. The van der Waals surface area contributed by atoms with E-state index in [4.69, 9.17) is 5.11 Å². The molecule has 0 spiro atoms. The third-order valence-corrected chi connectivity index (χ3v) is 3.97. The van der Waals surface area contributed by atoms with Gasteiger partial charge in [-0.2, -0.15) is 0 Å². The van der Waals surface area contributed by atoms with E-state index in [1.807, 2.05) is 0 Å². The van der Waals surface area contributed by atoms with Gasteiger partial charge in [-0.15, -0.1) is 11.8 Å². The first kappa shape index (κ1) is 16.9. The molecular formula is C11H13F2NO4S2. The maximum absolute atomic E-state index is 13.6. The molecule has 1 aromatic carbocycles. The van der Waals surface area contributed by atoms with Gasteiger partial charge in [-0.3, -0.25) is 4.79 Å². The fraction of sp³-hybridized carbons (Fsp3) is 0.364. The van der Waals surface area contributed by atoms with E-state index < -0.39 is 33.4 Å². The first-order valence-corrected chi connectivity index (χ1v) is 8.34. The Labute approximate surface area is 119 Å². The third kappa shape index (κ3) is 5.85. The van der Waals surface area contributed by atoms with Crippen molar-refractivity contribution in [1.82, 2.24) is 4.72 Å². The van der Waals surface area contributed by atoms with Crippen LogP contribution in [0.5, 0.6) is 0 Å². The lowest BCUT2D eigenvalue weighted by molar-refractivity contribution is -0.133. The largest absolute Gasteiger partial charge is 0.481 e. The number of nitrogens with one attached hydrogen (secondary N) is 1. The lowest BCUT2D eigenvalue weighted by atomic mass is 10.1. The van der Waals surface area contributed by atoms with Crippen LogP contribution in [0.15, 0.2) is 17.0 Å². The van der Waals surface area contributed by atoms with Gasteiger partial charge in [0, 0.05) is 6.54 Å². The first-order valence-electron chi connectivity index (χ1n) is 5.46. The number of hydrogen-bond donors (Lipinski definition) is 2. The van der Waals surface area contributed by atoms with Crippen molar-refractivity contribution in [2.24, 2.45) is 0 Å². The number of aliphatic carboxylic acids is 1. The molecule has 0 aliphatic rings. The number of benzene rings is 1. The summed E-state index contributed by atoms with van der Waals surface area (Å²) in [5.41, 5.74) is 0.288. The average molecular weight is 325 g/mol. The summed E-state index contributed by atoms with van der Waals surface area (Å²) < 4.78 is 51.1. The quantitative estimate of drug-likeness (QED) is 0.737. The molecular weight excluding hydrogens is 312 g/mol. The summed E-state index contributed by atoms with van der Waals surface area (Å²) in [4.78, 5) is 10.0. The van der Waals surface area contributed by atoms with E-state index in [9.17, 15) is 22.0 Å². The Morgan fingerprint density at radius 3 is 2.35 bits per heavy atom. The molecule has 0 amide bonds. The fourth-order valence-corrected chi connectivity index (χ4v) is 2.54. The number of carboxylic acids is 1. The number of carbonyl (C=O) groups is 1. The zero-order valence-corrected chi connectivity index (χ0v) is 12.2. The molecule has 0 aliphatic carbocycles. The molecule has 0 saturated carbocycles. The summed E-state index contributed by atoms with van der Waals surface area (Å²) in [7, 11) is -3.35. The Balaban J connectivity index is 2.75. The fourth-order valence-electron chi connectivity index (χ4n) is 1.41. The molecule has 0 aliphatic heterocycles. The predicted octanol–water partition coefficient (Wildman–Crippen LogP) is 1.23. The molecule has 0 aromatic heterocycles. The zero-order chi connectivity index (χ0) is 15.3. The van der Waals surface area contributed by atoms with E-state index in [0.717, 1.165) is 18.4 Å². The van der Waals surface area contributed by atoms with Crippen LogP contribution in [0.4, 0.5) is 8.78 Å². The number of carboxylic acid groups (broad SMARTS) is 1. The Kier molecular flexibility index (Phi) is 5.90. The van der Waals surface area contributed by atoms with Crippen LogP contribution < -0.4 is 4.72 Å². The molecule has 0 saturated heterocycles. The lowest BCUT2D eigenvalue weighted by Gasteiger charge is -2.07. The highest BCUT2D eigenvalue weighted by Gasteiger charge is 2.13. The zero-order valence-electron chi connectivity index (χ0n) is 10.5. The second kappa shape index (κ2) is 7.00. The average Bonchev–Trinajstić information content (AvgIpc) is 2.25. The molecule has 0 bridgehead atoms. The van der Waals surface area contributed by atoms with Crippen LogP contribution in [0.25, 0.3) is 0 Å². The SMILES string of the molecule is CS(=O)(=O)NCCc1cc(F)c(SCC(=O)O)c(F)c1. The Morgan fingerprint density at radius 1 is 1.35 bits per heavy atom. The summed E-state index contributed by atoms with van der Waals surface area (Å²) in [6.07, 6.45) is 1.12. The van der Waals surface area contributed by atoms with Crippen molar-refractivity contribution in [3.8, 4) is 0 Å². The van der Waals surface area contributed by atoms with Crippen LogP contribution >= 0.6 is 11.8 Å². The monoisotopic (exact) mass is 325 g/mol. The summed E-state index contributed by atoms with van der Waals surface area (Å²) in [6, 6.07) is 2.13. The maximum atomic E-state index is 13.6. The smallest absolute Gasteiger partial charge is 0.313 e. The summed E-state index contributed by atoms with van der Waals surface area (Å²) in [5, 5.41) is 8.47. The van der Waals surface area contributed by atoms with Gasteiger partial charge in [0.2, 0.25) is 10.0 Å². The van der Waals surface area contributed by atoms with Gasteiger partial charge < -0.3 is 5.11 Å². The topological polar surface area (TPSA) is 83.5 Å². The van der Waals surface area contributed by atoms with Gasteiger partial charge >= 0.3 is 5.97 Å². The summed E-state index contributed by atoms with van der Waals surface area (Å²) in [6.45, 7) is 0.0271. The Hall–Kier alpha value is -1.19. The highest BCUT2D eigenvalue weighted by molar-refractivity contribution is 8.00. The number of hydrogen-bond acceptors (Lipinski definition) is 4. The van der Waals surface area contributed by atoms with Gasteiger partial charge in [0.25, 0.3) is 0 Å². The van der Waals surface area contributed by atoms with E-state index in [0.29, 0.717) is 11.8 Å². The highest BCUT2D eigenvalue weighted by Crippen LogP contribution is 2.26. The molecule has 0 radical (unpaired) electrons. The van der Waals surface area contributed by atoms with Gasteiger partial charge in [0.15, 0.2) is 0 Å². The normalized spacial score (nSPS) is 11.6. The predicted molar refractivity (Wildman–Crippen MR) is 71.3 cm³/mol. The number of sulfonamides is 1. The van der Waals surface area contributed by atoms with Crippen LogP contribution in [0, 0.1) is 11.6 Å². The molecule has 112 valence electrons. The molecule has 0 heterocycles. The van der Waals surface area contributed by atoms with Gasteiger partial charge in [0.05, 0.1) is 16.9 Å². The molecule has 0 fully saturated rings. The highest BCUT2D eigenvalue weighted by atomic mass is 32.2. The van der Waals surface area contributed by atoms with Gasteiger partial charge in [-0.1, -0.05) is 0 Å². The van der Waals surface area contributed by atoms with Crippen LogP contribution in [0.3, 0.4) is 0 Å². The van der Waals surface area contributed by atoms with Crippen molar-refractivity contribution in [2.75, 3.05) is 18.6 Å². The van der Waals surface area contributed by atoms with Crippen molar-refractivity contribution in [1.29, 1.82) is 0 Å². The minimum atomic E-state index is -3.35. The van der Waals surface area contributed by atoms with E-state index >= 15 is 0 Å². The summed E-state index contributed by atoms with van der Waals surface area (Å²) >= 11 is 0.558. The van der Waals surface area contributed by atoms with Crippen molar-refractivity contribution in [3.63, 3.8) is 0 Å². The maximum Gasteiger partial charge on any atom is 0.313 e. The standard InChI is InChI=1S/C11H13F2NO4S2/c1-20(17,18)14-3-2-7-4-8(12)11(9(13)5-7)19-6-10(15)16/h4-5,14H,2-3,6H2,1H3,(H,15,16). The Morgan fingerprint density at radius 2 is 1.90 bits per heavy atom. The second-order valence-electron chi connectivity index (χ2n) is 3.99. The molecule has 9 heteroatoms. The summed E-state index contributed by atoms with van der Waals surface area (Å²) in [5.74, 6) is -3.32. The van der Waals surface area contributed by atoms with Crippen LogP contribution in [0.2, 0.25) is 0 Å². The van der Waals surface area contributed by atoms with E-state index in [1.165, 1.54) is 0 Å². The number of rotatable bonds is 7. The van der Waals surface area contributed by atoms with Gasteiger partial charge in [-0.05, 0) is 24.1 Å². The van der Waals surface area contributed by atoms with Crippen molar-refractivity contribution < 1.29 is 27.1 Å². The third-order valence-electron chi connectivity index (χ3n) is 2.18. The lowest BCUT2D eigenvalue weighted by Crippen LogP contribution is -2.24. The molecule has 0 atom stereocenters. The van der Waals surface area contributed by atoms with Crippen LogP contribution in [-0.4, -0.2) is 38.0 Å². The van der Waals surface area contributed by atoms with E-state index in [-0.39, 0.29) is 23.4 Å². The van der Waals surface area contributed by atoms with Gasteiger partial charge in [0.1, 0.15) is 11.6 Å². The minimum absolute atomic E-state index is 0.0271. The molecule has 2 N–H and O–H groups in total. The van der Waals surface area contributed by atoms with Crippen LogP contribution in [-0.2, 0) is 21.2 Å².